The van der Waals surface area contributed by atoms with E-state index in [1.165, 1.54) is 12.4 Å². The van der Waals surface area contributed by atoms with Gasteiger partial charge in [-0.15, -0.1) is 0 Å². The summed E-state index contributed by atoms with van der Waals surface area (Å²) < 4.78 is 5.71. The first-order valence-corrected chi connectivity index (χ1v) is 9.99. The molecule has 2 fully saturated rings. The molecular weight excluding hydrogens is 417 g/mol. The second kappa shape index (κ2) is 8.42. The monoisotopic (exact) mass is 435 g/mol. The first-order chi connectivity index (χ1) is 14.0. The lowest BCUT2D eigenvalue weighted by molar-refractivity contribution is -0.130. The van der Waals surface area contributed by atoms with Crippen molar-refractivity contribution >= 4 is 40.8 Å². The lowest BCUT2D eigenvalue weighted by Gasteiger charge is -2.22. The first-order valence-electron chi connectivity index (χ1n) is 9.23. The highest BCUT2D eigenvalue weighted by molar-refractivity contribution is 6.31. The Morgan fingerprint density at radius 2 is 1.93 bits per heavy atom. The molecule has 2 saturated heterocycles. The number of anilines is 1. The minimum Gasteiger partial charge on any atom is -0.458 e. The van der Waals surface area contributed by atoms with Gasteiger partial charge in [0.1, 0.15) is 12.6 Å². The van der Waals surface area contributed by atoms with Crippen LogP contribution in [0.1, 0.15) is 6.42 Å². The fourth-order valence-corrected chi connectivity index (χ4v) is 3.72. The SMILES string of the molecule is O=C(CN1CCN(c2cccc(Cl)c2)C1=O)N1CCC(Oc2ncc(Cl)cn2)C1. The van der Waals surface area contributed by atoms with Crippen molar-refractivity contribution in [2.75, 3.05) is 37.6 Å². The topological polar surface area (TPSA) is 78.9 Å². The van der Waals surface area contributed by atoms with Crippen molar-refractivity contribution in [1.29, 1.82) is 0 Å². The Morgan fingerprint density at radius 3 is 2.69 bits per heavy atom. The van der Waals surface area contributed by atoms with Crippen LogP contribution in [-0.2, 0) is 4.79 Å². The third-order valence-corrected chi connectivity index (χ3v) is 5.34. The Labute approximate surface area is 178 Å². The molecule has 1 unspecified atom stereocenters. The second-order valence-electron chi connectivity index (χ2n) is 6.89. The maximum absolute atomic E-state index is 12.7. The van der Waals surface area contributed by atoms with Crippen molar-refractivity contribution in [3.05, 3.63) is 46.7 Å². The summed E-state index contributed by atoms with van der Waals surface area (Å²) in [6.07, 6.45) is 3.43. The summed E-state index contributed by atoms with van der Waals surface area (Å²) in [6.45, 7) is 2.05. The van der Waals surface area contributed by atoms with Gasteiger partial charge in [-0.25, -0.2) is 14.8 Å². The predicted molar refractivity (Wildman–Crippen MR) is 108 cm³/mol. The number of carbonyl (C=O) groups excluding carboxylic acids is 2. The molecule has 1 aromatic heterocycles. The van der Waals surface area contributed by atoms with Gasteiger partial charge in [-0.2, -0.15) is 0 Å². The fraction of sp³-hybridized carbons (Fsp3) is 0.368. The summed E-state index contributed by atoms with van der Waals surface area (Å²) in [5, 5.41) is 1.00. The Kier molecular flexibility index (Phi) is 5.73. The van der Waals surface area contributed by atoms with Crippen LogP contribution >= 0.6 is 23.2 Å². The van der Waals surface area contributed by atoms with Gasteiger partial charge in [0, 0.05) is 36.8 Å². The number of benzene rings is 1. The zero-order chi connectivity index (χ0) is 20.4. The molecule has 2 aromatic rings. The predicted octanol–water partition coefficient (Wildman–Crippen LogP) is 2.71. The van der Waals surface area contributed by atoms with Crippen LogP contribution in [-0.4, -0.2) is 70.5 Å². The Morgan fingerprint density at radius 1 is 1.14 bits per heavy atom. The number of likely N-dealkylation sites (tertiary alicyclic amines) is 1. The molecule has 0 aliphatic carbocycles. The minimum absolute atomic E-state index is 0.0417. The van der Waals surface area contributed by atoms with E-state index in [1.807, 2.05) is 6.07 Å². The standard InChI is InChI=1S/C19H19Cl2N5O3/c20-13-2-1-3-15(8-13)26-7-6-25(19(26)28)12-17(27)24-5-4-16(11-24)29-18-22-9-14(21)10-23-18/h1-3,8-10,16H,4-7,11-12H2. The van der Waals surface area contributed by atoms with Crippen molar-refractivity contribution < 1.29 is 14.3 Å². The fourth-order valence-electron chi connectivity index (χ4n) is 3.44. The summed E-state index contributed by atoms with van der Waals surface area (Å²) in [5.74, 6) is -0.102. The first kappa shape index (κ1) is 19.7. The highest BCUT2D eigenvalue weighted by Gasteiger charge is 2.34. The minimum atomic E-state index is -0.192. The summed E-state index contributed by atoms with van der Waals surface area (Å²) in [6, 6.07) is 7.17. The van der Waals surface area contributed by atoms with Gasteiger partial charge in [0.05, 0.1) is 24.0 Å². The van der Waals surface area contributed by atoms with Crippen LogP contribution in [0.15, 0.2) is 36.7 Å². The number of halogens is 2. The quantitative estimate of drug-likeness (QED) is 0.721. The average Bonchev–Trinajstić information content (AvgIpc) is 3.31. The molecule has 1 aromatic carbocycles. The largest absolute Gasteiger partial charge is 0.458 e. The highest BCUT2D eigenvalue weighted by atomic mass is 35.5. The van der Waals surface area contributed by atoms with Gasteiger partial charge < -0.3 is 14.5 Å². The molecule has 2 aliphatic heterocycles. The van der Waals surface area contributed by atoms with Crippen molar-refractivity contribution in [3.63, 3.8) is 0 Å². The van der Waals surface area contributed by atoms with E-state index >= 15 is 0 Å². The van der Waals surface area contributed by atoms with Gasteiger partial charge in [-0.3, -0.25) is 9.69 Å². The van der Waals surface area contributed by atoms with Crippen LogP contribution in [0.5, 0.6) is 6.01 Å². The van der Waals surface area contributed by atoms with E-state index in [0.717, 1.165) is 5.69 Å². The molecule has 0 N–H and O–H groups in total. The third kappa shape index (κ3) is 4.54. The Hall–Kier alpha value is -2.58. The number of amides is 3. The lowest BCUT2D eigenvalue weighted by Crippen LogP contribution is -2.42. The smallest absolute Gasteiger partial charge is 0.325 e. The van der Waals surface area contributed by atoms with Gasteiger partial charge in [0.15, 0.2) is 0 Å². The zero-order valence-corrected chi connectivity index (χ0v) is 17.0. The summed E-state index contributed by atoms with van der Waals surface area (Å²) in [4.78, 5) is 38.3. The molecule has 8 nitrogen and oxygen atoms in total. The maximum Gasteiger partial charge on any atom is 0.325 e. The van der Waals surface area contributed by atoms with Crippen molar-refractivity contribution in [3.8, 4) is 6.01 Å². The summed E-state index contributed by atoms with van der Waals surface area (Å²) in [7, 11) is 0. The number of hydrogen-bond donors (Lipinski definition) is 0. The Balaban J connectivity index is 1.30. The maximum atomic E-state index is 12.7. The molecule has 3 amide bonds. The van der Waals surface area contributed by atoms with E-state index in [-0.39, 0.29) is 30.6 Å². The molecule has 0 saturated carbocycles. The van der Waals surface area contributed by atoms with Crippen LogP contribution in [0.3, 0.4) is 0 Å². The lowest BCUT2D eigenvalue weighted by atomic mass is 10.3. The molecule has 1 atom stereocenters. The van der Waals surface area contributed by atoms with E-state index < -0.39 is 0 Å². The van der Waals surface area contributed by atoms with E-state index in [4.69, 9.17) is 27.9 Å². The number of rotatable bonds is 5. The van der Waals surface area contributed by atoms with Crippen LogP contribution in [0.4, 0.5) is 10.5 Å². The summed E-state index contributed by atoms with van der Waals surface area (Å²) in [5.41, 5.74) is 0.732. The van der Waals surface area contributed by atoms with Gasteiger partial charge in [0.2, 0.25) is 5.91 Å². The van der Waals surface area contributed by atoms with Gasteiger partial charge in [-0.05, 0) is 18.2 Å². The molecule has 0 spiro atoms. The number of urea groups is 1. The average molecular weight is 436 g/mol. The number of ether oxygens (including phenoxy) is 1. The van der Waals surface area contributed by atoms with Gasteiger partial charge in [0.25, 0.3) is 0 Å². The van der Waals surface area contributed by atoms with E-state index in [2.05, 4.69) is 9.97 Å². The number of aromatic nitrogens is 2. The van der Waals surface area contributed by atoms with Gasteiger partial charge >= 0.3 is 12.0 Å². The van der Waals surface area contributed by atoms with Crippen LogP contribution in [0.2, 0.25) is 10.0 Å². The molecule has 29 heavy (non-hydrogen) atoms. The van der Waals surface area contributed by atoms with Gasteiger partial charge in [-0.1, -0.05) is 29.3 Å². The van der Waals surface area contributed by atoms with Crippen molar-refractivity contribution in [2.24, 2.45) is 0 Å². The molecule has 0 bridgehead atoms. The van der Waals surface area contributed by atoms with E-state index in [9.17, 15) is 9.59 Å². The van der Waals surface area contributed by atoms with Crippen LogP contribution in [0, 0.1) is 0 Å². The van der Waals surface area contributed by atoms with Crippen LogP contribution in [0.25, 0.3) is 0 Å². The normalized spacial score (nSPS) is 19.2. The van der Waals surface area contributed by atoms with Crippen molar-refractivity contribution in [2.45, 2.75) is 12.5 Å². The molecule has 3 heterocycles. The number of nitrogens with zero attached hydrogens (tertiary/aromatic N) is 5. The molecule has 2 aliphatic rings. The number of carbonyl (C=O) groups is 2. The molecule has 0 radical (unpaired) electrons. The van der Waals surface area contributed by atoms with E-state index in [1.54, 1.807) is 32.9 Å². The van der Waals surface area contributed by atoms with Crippen molar-refractivity contribution in [1.82, 2.24) is 19.8 Å². The molecule has 4 rings (SSSR count). The summed E-state index contributed by atoms with van der Waals surface area (Å²) >= 11 is 11.8. The molecule has 152 valence electrons. The molecule has 10 heteroatoms. The van der Waals surface area contributed by atoms with E-state index in [0.29, 0.717) is 42.6 Å². The second-order valence-corrected chi connectivity index (χ2v) is 7.76. The highest BCUT2D eigenvalue weighted by Crippen LogP contribution is 2.24. The Bertz CT molecular complexity index is 911. The molecular formula is C19H19Cl2N5O3. The zero-order valence-electron chi connectivity index (χ0n) is 15.5. The third-order valence-electron chi connectivity index (χ3n) is 4.91. The van der Waals surface area contributed by atoms with Crippen LogP contribution < -0.4 is 9.64 Å². The number of hydrogen-bond acceptors (Lipinski definition) is 5.